The van der Waals surface area contributed by atoms with Crippen LogP contribution in [0.25, 0.3) is 10.8 Å². The van der Waals surface area contributed by atoms with E-state index in [9.17, 15) is 4.79 Å². The highest BCUT2D eigenvalue weighted by Crippen LogP contribution is 2.27. The minimum Gasteiger partial charge on any atom is -0.318 e. The summed E-state index contributed by atoms with van der Waals surface area (Å²) in [7, 11) is 0. The molecule has 3 aromatic carbocycles. The molecule has 0 aliphatic heterocycles. The number of fused-ring (bicyclic) bond motifs is 1. The third kappa shape index (κ3) is 3.72. The molecule has 0 saturated heterocycles. The number of halogens is 1. The zero-order valence-corrected chi connectivity index (χ0v) is 16.1. The molecule has 3 aromatic rings. The number of hydrogen-bond donors (Lipinski definition) is 1. The number of amides is 1. The number of anilines is 1. The van der Waals surface area contributed by atoms with E-state index in [2.05, 4.69) is 39.4 Å². The van der Waals surface area contributed by atoms with Gasteiger partial charge in [-0.05, 0) is 58.7 Å². The van der Waals surface area contributed by atoms with Crippen molar-refractivity contribution in [1.82, 2.24) is 5.32 Å². The monoisotopic (exact) mass is 412 g/mol. The van der Waals surface area contributed by atoms with Gasteiger partial charge in [0.25, 0.3) is 5.91 Å². The molecule has 0 aliphatic rings. The Morgan fingerprint density at radius 2 is 1.72 bits per heavy atom. The first-order valence-electron chi connectivity index (χ1n) is 7.97. The fourth-order valence-corrected chi connectivity index (χ4v) is 3.53. The molecule has 0 unspecified atom stereocenters. The fraction of sp³-hybridized carbons (Fsp3) is 0.100. The zero-order valence-electron chi connectivity index (χ0n) is 13.7. The summed E-state index contributed by atoms with van der Waals surface area (Å²) in [6, 6.07) is 21.5. The Labute approximate surface area is 160 Å². The summed E-state index contributed by atoms with van der Waals surface area (Å²) in [5.74, 6) is -0.226. The molecule has 3 nitrogen and oxygen atoms in total. The molecule has 25 heavy (non-hydrogen) atoms. The lowest BCUT2D eigenvalue weighted by Gasteiger charge is -2.25. The van der Waals surface area contributed by atoms with Crippen molar-refractivity contribution < 1.29 is 4.79 Å². The number of thiocarbonyl (C=S) groups is 1. The predicted molar refractivity (Wildman–Crippen MR) is 111 cm³/mol. The van der Waals surface area contributed by atoms with Crippen molar-refractivity contribution in [3.8, 4) is 0 Å². The van der Waals surface area contributed by atoms with Crippen LogP contribution in [0.1, 0.15) is 17.3 Å². The van der Waals surface area contributed by atoms with E-state index in [-0.39, 0.29) is 5.91 Å². The maximum Gasteiger partial charge on any atom is 0.258 e. The van der Waals surface area contributed by atoms with E-state index < -0.39 is 0 Å². The molecule has 0 heterocycles. The van der Waals surface area contributed by atoms with E-state index in [0.717, 1.165) is 20.9 Å². The van der Waals surface area contributed by atoms with Crippen LogP contribution in [0, 0.1) is 0 Å². The van der Waals surface area contributed by atoms with Gasteiger partial charge in [-0.3, -0.25) is 10.1 Å². The Hall–Kier alpha value is -2.24. The Kier molecular flexibility index (Phi) is 5.46. The third-order valence-corrected chi connectivity index (χ3v) is 4.97. The summed E-state index contributed by atoms with van der Waals surface area (Å²) in [5.41, 5.74) is 1.54. The second kappa shape index (κ2) is 7.76. The van der Waals surface area contributed by atoms with Crippen LogP contribution < -0.4 is 10.2 Å². The van der Waals surface area contributed by atoms with Crippen molar-refractivity contribution in [2.75, 3.05) is 11.4 Å². The minimum absolute atomic E-state index is 0.226. The Balaban J connectivity index is 1.89. The standard InChI is InChI=1S/C20H17BrN2OS/c1-2-23(18-13-7-9-14-8-3-4-10-15(14)18)20(25)22-19(24)16-11-5-6-12-17(16)21/h3-13H,2H2,1H3,(H,22,24,25). The number of hydrogen-bond acceptors (Lipinski definition) is 2. The number of nitrogens with zero attached hydrogens (tertiary/aromatic N) is 1. The third-order valence-electron chi connectivity index (χ3n) is 3.96. The van der Waals surface area contributed by atoms with Gasteiger partial charge >= 0.3 is 0 Å². The van der Waals surface area contributed by atoms with E-state index in [1.165, 1.54) is 0 Å². The highest BCUT2D eigenvalue weighted by atomic mass is 79.9. The number of nitrogens with one attached hydrogen (secondary N) is 1. The molecule has 3 rings (SSSR count). The molecule has 1 N–H and O–H groups in total. The molecule has 0 saturated carbocycles. The normalized spacial score (nSPS) is 10.5. The smallest absolute Gasteiger partial charge is 0.258 e. The van der Waals surface area contributed by atoms with E-state index in [1.54, 1.807) is 6.07 Å². The lowest BCUT2D eigenvalue weighted by Crippen LogP contribution is -2.43. The van der Waals surface area contributed by atoms with Crippen LogP contribution in [0.5, 0.6) is 0 Å². The van der Waals surface area contributed by atoms with Gasteiger partial charge in [0.2, 0.25) is 0 Å². The van der Waals surface area contributed by atoms with Crippen LogP contribution in [-0.2, 0) is 0 Å². The average Bonchev–Trinajstić information content (AvgIpc) is 2.63. The first kappa shape index (κ1) is 17.6. The van der Waals surface area contributed by atoms with E-state index in [0.29, 0.717) is 17.2 Å². The van der Waals surface area contributed by atoms with Crippen LogP contribution >= 0.6 is 28.1 Å². The van der Waals surface area contributed by atoms with Gasteiger partial charge in [0, 0.05) is 16.4 Å². The van der Waals surface area contributed by atoms with Crippen LogP contribution in [0.15, 0.2) is 71.2 Å². The molecule has 126 valence electrons. The van der Waals surface area contributed by atoms with Gasteiger partial charge < -0.3 is 4.90 Å². The van der Waals surface area contributed by atoms with Crippen LogP contribution in [0.2, 0.25) is 0 Å². The quantitative estimate of drug-likeness (QED) is 0.604. The Morgan fingerprint density at radius 3 is 2.48 bits per heavy atom. The van der Waals surface area contributed by atoms with Crippen LogP contribution in [0.3, 0.4) is 0 Å². The lowest BCUT2D eigenvalue weighted by atomic mass is 10.1. The fourth-order valence-electron chi connectivity index (χ4n) is 2.74. The maximum absolute atomic E-state index is 12.5. The SMILES string of the molecule is CCN(C(=S)NC(=O)c1ccccc1Br)c1cccc2ccccc12. The van der Waals surface area contributed by atoms with Crippen LogP contribution in [-0.4, -0.2) is 17.6 Å². The Morgan fingerprint density at radius 1 is 1.04 bits per heavy atom. The van der Waals surface area contributed by atoms with Gasteiger partial charge in [0.05, 0.1) is 11.3 Å². The van der Waals surface area contributed by atoms with Crippen molar-refractivity contribution in [3.05, 3.63) is 76.8 Å². The van der Waals surface area contributed by atoms with Crippen molar-refractivity contribution >= 4 is 55.6 Å². The molecule has 0 fully saturated rings. The van der Waals surface area contributed by atoms with E-state index in [4.69, 9.17) is 12.2 Å². The van der Waals surface area contributed by atoms with E-state index >= 15 is 0 Å². The summed E-state index contributed by atoms with van der Waals surface area (Å²) in [5, 5.41) is 5.47. The highest BCUT2D eigenvalue weighted by molar-refractivity contribution is 9.10. The minimum atomic E-state index is -0.226. The Bertz CT molecular complexity index is 936. The molecule has 0 bridgehead atoms. The van der Waals surface area contributed by atoms with Gasteiger partial charge in [-0.2, -0.15) is 0 Å². The summed E-state index contributed by atoms with van der Waals surface area (Å²) in [6.45, 7) is 2.67. The van der Waals surface area contributed by atoms with Crippen molar-refractivity contribution in [3.63, 3.8) is 0 Å². The molecule has 5 heteroatoms. The first-order chi connectivity index (χ1) is 12.1. The maximum atomic E-state index is 12.5. The van der Waals surface area contributed by atoms with Gasteiger partial charge in [0.1, 0.15) is 0 Å². The van der Waals surface area contributed by atoms with Gasteiger partial charge in [-0.1, -0.05) is 48.5 Å². The topological polar surface area (TPSA) is 32.3 Å². The number of rotatable bonds is 3. The molecular weight excluding hydrogens is 396 g/mol. The molecule has 0 aromatic heterocycles. The molecule has 0 atom stereocenters. The largest absolute Gasteiger partial charge is 0.318 e. The second-order valence-corrected chi connectivity index (χ2v) is 6.72. The van der Waals surface area contributed by atoms with Crippen molar-refractivity contribution in [2.24, 2.45) is 0 Å². The molecular formula is C20H17BrN2OS. The number of benzene rings is 3. The lowest BCUT2D eigenvalue weighted by molar-refractivity contribution is 0.0976. The van der Waals surface area contributed by atoms with Crippen molar-refractivity contribution in [2.45, 2.75) is 6.92 Å². The zero-order chi connectivity index (χ0) is 17.8. The van der Waals surface area contributed by atoms with E-state index in [1.807, 2.05) is 54.3 Å². The summed E-state index contributed by atoms with van der Waals surface area (Å²) in [6.07, 6.45) is 0. The average molecular weight is 413 g/mol. The first-order valence-corrected chi connectivity index (χ1v) is 9.17. The summed E-state index contributed by atoms with van der Waals surface area (Å²) < 4.78 is 0.739. The molecule has 1 amide bonds. The van der Waals surface area contributed by atoms with Crippen LogP contribution in [0.4, 0.5) is 5.69 Å². The highest BCUT2D eigenvalue weighted by Gasteiger charge is 2.17. The second-order valence-electron chi connectivity index (χ2n) is 5.48. The molecule has 0 spiro atoms. The number of carbonyl (C=O) groups excluding carboxylic acids is 1. The van der Waals surface area contributed by atoms with Gasteiger partial charge in [0.15, 0.2) is 5.11 Å². The number of carbonyl (C=O) groups is 1. The molecule has 0 radical (unpaired) electrons. The summed E-state index contributed by atoms with van der Waals surface area (Å²) >= 11 is 8.92. The van der Waals surface area contributed by atoms with Gasteiger partial charge in [-0.25, -0.2) is 0 Å². The molecule has 0 aliphatic carbocycles. The predicted octanol–water partition coefficient (Wildman–Crippen LogP) is 5.14. The summed E-state index contributed by atoms with van der Waals surface area (Å²) in [4.78, 5) is 14.5. The van der Waals surface area contributed by atoms with Crippen molar-refractivity contribution in [1.29, 1.82) is 0 Å². The van der Waals surface area contributed by atoms with Gasteiger partial charge in [-0.15, -0.1) is 0 Å².